The fraction of sp³-hybridized carbons (Fsp3) is 0.160. The highest BCUT2D eigenvalue weighted by Gasteiger charge is 2.15. The van der Waals surface area contributed by atoms with Crippen LogP contribution in [0.4, 0.5) is 5.69 Å². The standard InChI is InChI=1S/C25H24N4O2/c26-15-4-16-29(25(31)22-5-2-1-3-6-22)18-20-9-13-23(14-10-20)28-24(30)21-11-7-19(17-27)8-12-21/h1-3,5-14H,4,15-16,18,26H2,(H,28,30). The van der Waals surface area contributed by atoms with Crippen LogP contribution in [-0.2, 0) is 6.54 Å². The largest absolute Gasteiger partial charge is 0.334 e. The highest BCUT2D eigenvalue weighted by Crippen LogP contribution is 2.15. The summed E-state index contributed by atoms with van der Waals surface area (Å²) in [7, 11) is 0. The fourth-order valence-corrected chi connectivity index (χ4v) is 3.11. The summed E-state index contributed by atoms with van der Waals surface area (Å²) < 4.78 is 0. The summed E-state index contributed by atoms with van der Waals surface area (Å²) in [6.07, 6.45) is 0.720. The van der Waals surface area contributed by atoms with E-state index in [0.717, 1.165) is 12.0 Å². The molecule has 0 unspecified atom stereocenters. The first kappa shape index (κ1) is 21.8. The Balaban J connectivity index is 1.66. The van der Waals surface area contributed by atoms with Crippen LogP contribution in [0.2, 0.25) is 0 Å². The number of rotatable bonds is 8. The highest BCUT2D eigenvalue weighted by atomic mass is 16.2. The third kappa shape index (κ3) is 6.01. The van der Waals surface area contributed by atoms with Crippen molar-refractivity contribution in [2.24, 2.45) is 5.73 Å². The fourth-order valence-electron chi connectivity index (χ4n) is 3.11. The molecule has 3 rings (SSSR count). The molecule has 0 aliphatic carbocycles. The van der Waals surface area contributed by atoms with Gasteiger partial charge in [-0.25, -0.2) is 0 Å². The van der Waals surface area contributed by atoms with Crippen LogP contribution < -0.4 is 11.1 Å². The number of carbonyl (C=O) groups excluding carboxylic acids is 2. The molecule has 0 aliphatic rings. The average Bonchev–Trinajstić information content (AvgIpc) is 2.83. The summed E-state index contributed by atoms with van der Waals surface area (Å²) >= 11 is 0. The average molecular weight is 412 g/mol. The van der Waals surface area contributed by atoms with E-state index in [1.807, 2.05) is 48.5 Å². The van der Waals surface area contributed by atoms with Crippen molar-refractivity contribution in [3.05, 3.63) is 101 Å². The van der Waals surface area contributed by atoms with Crippen LogP contribution in [0, 0.1) is 11.3 Å². The molecule has 0 bridgehead atoms. The van der Waals surface area contributed by atoms with Crippen LogP contribution in [0.5, 0.6) is 0 Å². The number of nitrogens with one attached hydrogen (secondary N) is 1. The molecule has 0 atom stereocenters. The van der Waals surface area contributed by atoms with Crippen LogP contribution in [0.3, 0.4) is 0 Å². The molecule has 0 heterocycles. The normalized spacial score (nSPS) is 10.2. The van der Waals surface area contributed by atoms with E-state index < -0.39 is 0 Å². The van der Waals surface area contributed by atoms with Crippen molar-refractivity contribution in [1.29, 1.82) is 5.26 Å². The molecular weight excluding hydrogens is 388 g/mol. The van der Waals surface area contributed by atoms with Gasteiger partial charge in [-0.1, -0.05) is 30.3 Å². The minimum Gasteiger partial charge on any atom is -0.334 e. The van der Waals surface area contributed by atoms with Crippen molar-refractivity contribution >= 4 is 17.5 Å². The van der Waals surface area contributed by atoms with Crippen molar-refractivity contribution < 1.29 is 9.59 Å². The predicted octanol–water partition coefficient (Wildman–Crippen LogP) is 3.80. The summed E-state index contributed by atoms with van der Waals surface area (Å²) in [5.41, 5.74) is 8.88. The van der Waals surface area contributed by atoms with E-state index in [1.54, 1.807) is 41.3 Å². The van der Waals surface area contributed by atoms with Crippen LogP contribution >= 0.6 is 0 Å². The zero-order valence-electron chi connectivity index (χ0n) is 17.1. The van der Waals surface area contributed by atoms with Crippen molar-refractivity contribution in [2.45, 2.75) is 13.0 Å². The van der Waals surface area contributed by atoms with Gasteiger partial charge in [0, 0.05) is 29.9 Å². The molecule has 0 fully saturated rings. The third-order valence-electron chi connectivity index (χ3n) is 4.80. The lowest BCUT2D eigenvalue weighted by molar-refractivity contribution is 0.0742. The van der Waals surface area contributed by atoms with Crippen LogP contribution in [0.1, 0.15) is 38.3 Å². The number of benzene rings is 3. The molecule has 0 spiro atoms. The molecule has 2 amide bonds. The van der Waals surface area contributed by atoms with Gasteiger partial charge in [0.2, 0.25) is 0 Å². The van der Waals surface area contributed by atoms with Gasteiger partial charge < -0.3 is 16.0 Å². The lowest BCUT2D eigenvalue weighted by Gasteiger charge is -2.23. The zero-order chi connectivity index (χ0) is 22.1. The second-order valence-electron chi connectivity index (χ2n) is 7.08. The molecule has 6 heteroatoms. The van der Waals surface area contributed by atoms with Gasteiger partial charge in [0.05, 0.1) is 11.6 Å². The van der Waals surface area contributed by atoms with Crippen molar-refractivity contribution in [1.82, 2.24) is 4.90 Å². The van der Waals surface area contributed by atoms with E-state index in [9.17, 15) is 9.59 Å². The summed E-state index contributed by atoms with van der Waals surface area (Å²) in [6.45, 7) is 1.54. The second kappa shape index (κ2) is 10.7. The van der Waals surface area contributed by atoms with Crippen molar-refractivity contribution in [3.8, 4) is 6.07 Å². The van der Waals surface area contributed by atoms with Crippen molar-refractivity contribution in [2.75, 3.05) is 18.4 Å². The minimum atomic E-state index is -0.249. The smallest absolute Gasteiger partial charge is 0.255 e. The molecule has 0 saturated heterocycles. The topological polar surface area (TPSA) is 99.2 Å². The van der Waals surface area contributed by atoms with Gasteiger partial charge in [-0.3, -0.25) is 9.59 Å². The SMILES string of the molecule is N#Cc1ccc(C(=O)Nc2ccc(CN(CCCN)C(=O)c3ccccc3)cc2)cc1. The Morgan fingerprint density at radius 2 is 1.58 bits per heavy atom. The maximum atomic E-state index is 12.9. The highest BCUT2D eigenvalue weighted by molar-refractivity contribution is 6.04. The number of hydrogen-bond acceptors (Lipinski definition) is 4. The Bertz CT molecular complexity index is 1060. The first-order valence-electron chi connectivity index (χ1n) is 10.1. The van der Waals surface area contributed by atoms with E-state index in [-0.39, 0.29) is 11.8 Å². The number of carbonyl (C=O) groups is 2. The number of amides is 2. The molecule has 0 aromatic heterocycles. The number of hydrogen-bond donors (Lipinski definition) is 2. The van der Waals surface area contributed by atoms with E-state index in [1.165, 1.54) is 0 Å². The summed E-state index contributed by atoms with van der Waals surface area (Å²) in [5.74, 6) is -0.284. The van der Waals surface area contributed by atoms with E-state index in [2.05, 4.69) is 5.32 Å². The van der Waals surface area contributed by atoms with Crippen LogP contribution in [-0.4, -0.2) is 29.8 Å². The molecule has 3 aromatic rings. The van der Waals surface area contributed by atoms with Crippen LogP contribution in [0.15, 0.2) is 78.9 Å². The summed E-state index contributed by atoms with van der Waals surface area (Å²) in [4.78, 5) is 27.0. The van der Waals surface area contributed by atoms with Gasteiger partial charge in [0.1, 0.15) is 0 Å². The van der Waals surface area contributed by atoms with Crippen LogP contribution in [0.25, 0.3) is 0 Å². The molecule has 31 heavy (non-hydrogen) atoms. The van der Waals surface area contributed by atoms with E-state index >= 15 is 0 Å². The summed E-state index contributed by atoms with van der Waals surface area (Å²) in [6, 6.07) is 25.1. The molecule has 0 radical (unpaired) electrons. The van der Waals surface area contributed by atoms with Crippen molar-refractivity contribution in [3.63, 3.8) is 0 Å². The predicted molar refractivity (Wildman–Crippen MR) is 120 cm³/mol. The quantitative estimate of drug-likeness (QED) is 0.588. The molecule has 0 saturated carbocycles. The monoisotopic (exact) mass is 412 g/mol. The van der Waals surface area contributed by atoms with E-state index in [4.69, 9.17) is 11.0 Å². The lowest BCUT2D eigenvalue weighted by atomic mass is 10.1. The Kier molecular flexibility index (Phi) is 7.52. The van der Waals surface area contributed by atoms with E-state index in [0.29, 0.717) is 42.0 Å². The Labute approximate surface area is 181 Å². The maximum absolute atomic E-state index is 12.9. The van der Waals surface area contributed by atoms with Gasteiger partial charge in [-0.05, 0) is 67.1 Å². The molecule has 3 aromatic carbocycles. The minimum absolute atomic E-state index is 0.0350. The van der Waals surface area contributed by atoms with Gasteiger partial charge in [-0.2, -0.15) is 5.26 Å². The number of nitriles is 1. The van der Waals surface area contributed by atoms with Gasteiger partial charge in [0.25, 0.3) is 11.8 Å². The number of nitrogens with zero attached hydrogens (tertiary/aromatic N) is 2. The number of anilines is 1. The summed E-state index contributed by atoms with van der Waals surface area (Å²) in [5, 5.41) is 11.7. The first-order valence-corrected chi connectivity index (χ1v) is 10.1. The Morgan fingerprint density at radius 1 is 0.903 bits per heavy atom. The second-order valence-corrected chi connectivity index (χ2v) is 7.08. The lowest BCUT2D eigenvalue weighted by Crippen LogP contribution is -2.32. The van der Waals surface area contributed by atoms with Gasteiger partial charge >= 0.3 is 0 Å². The zero-order valence-corrected chi connectivity index (χ0v) is 17.1. The van der Waals surface area contributed by atoms with Gasteiger partial charge in [-0.15, -0.1) is 0 Å². The Hall–Kier alpha value is -3.95. The molecular formula is C25H24N4O2. The molecule has 3 N–H and O–H groups in total. The third-order valence-corrected chi connectivity index (χ3v) is 4.80. The maximum Gasteiger partial charge on any atom is 0.255 e. The molecule has 0 aliphatic heterocycles. The molecule has 6 nitrogen and oxygen atoms in total. The molecule has 156 valence electrons. The Morgan fingerprint density at radius 3 is 2.19 bits per heavy atom. The van der Waals surface area contributed by atoms with Gasteiger partial charge in [0.15, 0.2) is 0 Å². The first-order chi connectivity index (χ1) is 15.1. The number of nitrogens with two attached hydrogens (primary N) is 1.